The fraction of sp³-hybridized carbons (Fsp3) is 0.150. The lowest BCUT2D eigenvalue weighted by molar-refractivity contribution is -0.118. The minimum atomic E-state index is -0.0186. The number of thiazole rings is 1. The van der Waals surface area contributed by atoms with Crippen LogP contribution in [0.1, 0.15) is 16.1 Å². The van der Waals surface area contributed by atoms with E-state index >= 15 is 0 Å². The van der Waals surface area contributed by atoms with Gasteiger partial charge in [-0.3, -0.25) is 14.7 Å². The molecule has 4 aromatic rings. The molecule has 3 heterocycles. The molecule has 3 aromatic heterocycles. The predicted octanol–water partition coefficient (Wildman–Crippen LogP) is 5.49. The van der Waals surface area contributed by atoms with E-state index in [1.54, 1.807) is 11.1 Å². The Morgan fingerprint density at radius 2 is 2.04 bits per heavy atom. The lowest BCUT2D eigenvalue weighted by atomic mass is 10.2. The van der Waals surface area contributed by atoms with Crippen molar-refractivity contribution in [1.29, 1.82) is 0 Å². The number of rotatable bonds is 5. The number of hydrogen-bond acceptors (Lipinski definition) is 5. The maximum atomic E-state index is 13.1. The van der Waals surface area contributed by atoms with E-state index in [-0.39, 0.29) is 5.91 Å². The number of carbonyl (C=O) groups excluding carboxylic acids is 1. The molecule has 0 aliphatic heterocycles. The minimum absolute atomic E-state index is 0.0186. The molecule has 0 aliphatic rings. The number of carbonyl (C=O) groups is 1. The Bertz CT molecular complexity index is 1090. The monoisotopic (exact) mass is 413 g/mol. The van der Waals surface area contributed by atoms with Crippen LogP contribution < -0.4 is 4.90 Å². The third-order valence-electron chi connectivity index (χ3n) is 4.07. The van der Waals surface area contributed by atoms with Crippen LogP contribution in [0.3, 0.4) is 0 Å². The number of aryl methyl sites for hydroxylation is 1. The van der Waals surface area contributed by atoms with Crippen molar-refractivity contribution in [2.75, 3.05) is 4.90 Å². The molecule has 0 saturated carbocycles. The average Bonchev–Trinajstić information content (AvgIpc) is 3.25. The first kappa shape index (κ1) is 18.1. The van der Waals surface area contributed by atoms with Crippen LogP contribution in [0.2, 0.25) is 4.34 Å². The van der Waals surface area contributed by atoms with Gasteiger partial charge in [-0.1, -0.05) is 35.1 Å². The fourth-order valence-corrected chi connectivity index (χ4v) is 4.90. The van der Waals surface area contributed by atoms with Gasteiger partial charge in [0.25, 0.3) is 0 Å². The van der Waals surface area contributed by atoms with Crippen molar-refractivity contribution < 1.29 is 4.79 Å². The van der Waals surface area contributed by atoms with E-state index in [4.69, 9.17) is 16.6 Å². The number of benzene rings is 1. The Hall–Kier alpha value is -2.28. The van der Waals surface area contributed by atoms with E-state index < -0.39 is 0 Å². The van der Waals surface area contributed by atoms with Crippen molar-refractivity contribution in [3.63, 3.8) is 0 Å². The van der Waals surface area contributed by atoms with Crippen molar-refractivity contribution in [2.24, 2.45) is 0 Å². The van der Waals surface area contributed by atoms with E-state index in [0.717, 1.165) is 20.8 Å². The number of anilines is 1. The molecule has 1 amide bonds. The molecule has 1 aromatic carbocycles. The Balaban J connectivity index is 1.68. The number of pyridine rings is 1. The van der Waals surface area contributed by atoms with Crippen molar-refractivity contribution in [1.82, 2.24) is 9.97 Å². The zero-order valence-corrected chi connectivity index (χ0v) is 16.9. The lowest BCUT2D eigenvalue weighted by Gasteiger charge is -2.19. The first-order chi connectivity index (χ1) is 13.1. The lowest BCUT2D eigenvalue weighted by Crippen LogP contribution is -2.31. The quantitative estimate of drug-likeness (QED) is 0.434. The van der Waals surface area contributed by atoms with Gasteiger partial charge in [-0.25, -0.2) is 4.98 Å². The molecule has 4 rings (SSSR count). The normalized spacial score (nSPS) is 11.0. The van der Waals surface area contributed by atoms with Gasteiger partial charge >= 0.3 is 0 Å². The van der Waals surface area contributed by atoms with E-state index in [1.807, 2.05) is 42.5 Å². The largest absolute Gasteiger partial charge is 0.282 e. The summed E-state index contributed by atoms with van der Waals surface area (Å²) in [6, 6.07) is 15.5. The molecule has 27 heavy (non-hydrogen) atoms. The zero-order valence-electron chi connectivity index (χ0n) is 14.6. The molecular weight excluding hydrogens is 398 g/mol. The molecule has 7 heteroatoms. The Labute approximate surface area is 170 Å². The number of halogens is 1. The Morgan fingerprint density at radius 1 is 1.15 bits per heavy atom. The third-order valence-corrected chi connectivity index (χ3v) is 6.34. The molecular formula is C20H16ClN3OS2. The zero-order chi connectivity index (χ0) is 18.8. The molecule has 0 radical (unpaired) electrons. The Morgan fingerprint density at radius 3 is 2.78 bits per heavy atom. The summed E-state index contributed by atoms with van der Waals surface area (Å²) in [6.07, 6.45) is 2.03. The molecule has 0 fully saturated rings. The summed E-state index contributed by atoms with van der Waals surface area (Å²) in [5.41, 5.74) is 2.90. The second kappa shape index (κ2) is 7.76. The van der Waals surface area contributed by atoms with Crippen LogP contribution in [0.4, 0.5) is 5.13 Å². The van der Waals surface area contributed by atoms with Crippen LogP contribution in [0, 0.1) is 6.92 Å². The molecule has 4 nitrogen and oxygen atoms in total. The smallest absolute Gasteiger partial charge is 0.234 e. The highest BCUT2D eigenvalue weighted by atomic mass is 35.5. The fourth-order valence-electron chi connectivity index (χ4n) is 2.74. The summed E-state index contributed by atoms with van der Waals surface area (Å²) in [7, 11) is 0. The van der Waals surface area contributed by atoms with Gasteiger partial charge in [0, 0.05) is 11.1 Å². The van der Waals surface area contributed by atoms with Gasteiger partial charge in [0.2, 0.25) is 5.91 Å². The summed E-state index contributed by atoms with van der Waals surface area (Å²) >= 11 is 8.97. The first-order valence-corrected chi connectivity index (χ1v) is 10.4. The van der Waals surface area contributed by atoms with Gasteiger partial charge in [-0.15, -0.1) is 11.3 Å². The van der Waals surface area contributed by atoms with E-state index in [9.17, 15) is 4.79 Å². The number of nitrogens with zero attached hydrogens (tertiary/aromatic N) is 3. The van der Waals surface area contributed by atoms with Gasteiger partial charge in [-0.05, 0) is 48.9 Å². The van der Waals surface area contributed by atoms with Crippen molar-refractivity contribution in [3.8, 4) is 0 Å². The van der Waals surface area contributed by atoms with Gasteiger partial charge in [0.05, 0.1) is 33.2 Å². The number of thiophene rings is 1. The highest BCUT2D eigenvalue weighted by Gasteiger charge is 2.21. The minimum Gasteiger partial charge on any atom is -0.282 e. The molecule has 0 saturated heterocycles. The topological polar surface area (TPSA) is 46.1 Å². The van der Waals surface area contributed by atoms with Crippen LogP contribution in [-0.2, 0) is 17.8 Å². The number of hydrogen-bond donors (Lipinski definition) is 0. The number of fused-ring (bicyclic) bond motifs is 1. The number of amides is 1. The van der Waals surface area contributed by atoms with E-state index in [1.165, 1.54) is 28.2 Å². The summed E-state index contributed by atoms with van der Waals surface area (Å²) in [4.78, 5) is 24.8. The van der Waals surface area contributed by atoms with Crippen LogP contribution in [0.15, 0.2) is 54.7 Å². The average molecular weight is 414 g/mol. The highest BCUT2D eigenvalue weighted by molar-refractivity contribution is 7.22. The van der Waals surface area contributed by atoms with E-state index in [0.29, 0.717) is 22.4 Å². The molecule has 0 unspecified atom stereocenters. The third kappa shape index (κ3) is 4.18. The second-order valence-corrected chi connectivity index (χ2v) is 8.96. The van der Waals surface area contributed by atoms with E-state index in [2.05, 4.69) is 18.0 Å². The maximum Gasteiger partial charge on any atom is 0.234 e. The predicted molar refractivity (Wildman–Crippen MR) is 113 cm³/mol. The van der Waals surface area contributed by atoms with Gasteiger partial charge in [-0.2, -0.15) is 0 Å². The van der Waals surface area contributed by atoms with Gasteiger partial charge in [0.1, 0.15) is 0 Å². The van der Waals surface area contributed by atoms with Crippen molar-refractivity contribution in [2.45, 2.75) is 19.9 Å². The van der Waals surface area contributed by atoms with Crippen molar-refractivity contribution >= 4 is 55.5 Å². The highest BCUT2D eigenvalue weighted by Crippen LogP contribution is 2.31. The summed E-state index contributed by atoms with van der Waals surface area (Å²) in [5.74, 6) is -0.0186. The SMILES string of the molecule is Cc1ccc2nc(N(Cc3ccccn3)C(=O)Cc3ccc(Cl)s3)sc2c1. The summed E-state index contributed by atoms with van der Waals surface area (Å²) in [5, 5.41) is 0.689. The molecule has 0 atom stereocenters. The van der Waals surface area contributed by atoms with Gasteiger partial charge in [0.15, 0.2) is 5.13 Å². The van der Waals surface area contributed by atoms with Gasteiger partial charge < -0.3 is 0 Å². The number of aromatic nitrogens is 2. The first-order valence-electron chi connectivity index (χ1n) is 8.40. The van der Waals surface area contributed by atoms with Crippen LogP contribution in [0.25, 0.3) is 10.2 Å². The summed E-state index contributed by atoms with van der Waals surface area (Å²) in [6.45, 7) is 2.44. The second-order valence-electron chi connectivity index (χ2n) is 6.15. The molecule has 0 spiro atoms. The molecule has 136 valence electrons. The van der Waals surface area contributed by atoms with Crippen LogP contribution in [0.5, 0.6) is 0 Å². The molecule has 0 bridgehead atoms. The summed E-state index contributed by atoms with van der Waals surface area (Å²) < 4.78 is 1.76. The van der Waals surface area contributed by atoms with Crippen LogP contribution >= 0.6 is 34.3 Å². The Kier molecular flexibility index (Phi) is 5.20. The molecule has 0 N–H and O–H groups in total. The maximum absolute atomic E-state index is 13.1. The standard InChI is InChI=1S/C20H16ClN3OS2/c1-13-5-7-16-17(10-13)27-20(23-16)24(12-14-4-2-3-9-22-14)19(25)11-15-6-8-18(21)26-15/h2-10H,11-12H2,1H3. The van der Waals surface area contributed by atoms with Crippen LogP contribution in [-0.4, -0.2) is 15.9 Å². The van der Waals surface area contributed by atoms with Crippen molar-refractivity contribution in [3.05, 3.63) is 75.2 Å². The molecule has 0 aliphatic carbocycles.